The molecule has 5 nitrogen and oxygen atoms in total. The van der Waals surface area contributed by atoms with Crippen molar-refractivity contribution >= 4 is 28.3 Å². The summed E-state index contributed by atoms with van der Waals surface area (Å²) < 4.78 is 0. The minimum Gasteiger partial charge on any atom is -0.346 e. The topological polar surface area (TPSA) is 70.7 Å². The van der Waals surface area contributed by atoms with Crippen LogP contribution in [-0.2, 0) is 11.2 Å². The molecule has 28 heavy (non-hydrogen) atoms. The number of carbonyl (C=O) groups is 1. The minimum atomic E-state index is -0.174. The number of imidazole rings is 1. The van der Waals surface area contributed by atoms with Crippen molar-refractivity contribution in [2.45, 2.75) is 26.3 Å². The molecular weight excluding hydrogens is 368 g/mol. The Bertz CT molecular complexity index is 1050. The first-order valence-electron chi connectivity index (χ1n) is 9.34. The molecule has 2 aromatic heterocycles. The highest BCUT2D eigenvalue weighted by Crippen LogP contribution is 2.25. The Balaban J connectivity index is 1.47. The third-order valence-electron chi connectivity index (χ3n) is 4.60. The molecule has 0 spiro atoms. The number of para-hydroxylation sites is 2. The first kappa shape index (κ1) is 18.4. The quantitative estimate of drug-likeness (QED) is 0.499. The molecule has 2 heterocycles. The Morgan fingerprint density at radius 3 is 2.57 bits per heavy atom. The maximum Gasteiger partial charge on any atom is 0.226 e. The zero-order valence-corrected chi connectivity index (χ0v) is 16.7. The van der Waals surface area contributed by atoms with E-state index in [2.05, 4.69) is 34.1 Å². The van der Waals surface area contributed by atoms with Gasteiger partial charge in [-0.1, -0.05) is 56.3 Å². The summed E-state index contributed by atoms with van der Waals surface area (Å²) in [4.78, 5) is 25.3. The van der Waals surface area contributed by atoms with Gasteiger partial charge >= 0.3 is 0 Å². The average molecular weight is 391 g/mol. The summed E-state index contributed by atoms with van der Waals surface area (Å²) in [6.45, 7) is 4.16. The number of aromatic nitrogens is 3. The van der Waals surface area contributed by atoms with Crippen LogP contribution < -0.4 is 5.32 Å². The molecule has 2 aromatic carbocycles. The van der Waals surface area contributed by atoms with Crippen molar-refractivity contribution in [1.82, 2.24) is 20.3 Å². The first-order chi connectivity index (χ1) is 13.6. The fourth-order valence-electron chi connectivity index (χ4n) is 3.16. The van der Waals surface area contributed by atoms with Crippen LogP contribution in [0.1, 0.15) is 31.4 Å². The molecular formula is C22H22N4OS. The number of nitrogens with one attached hydrogen (secondary N) is 2. The van der Waals surface area contributed by atoms with Gasteiger partial charge < -0.3 is 10.3 Å². The van der Waals surface area contributed by atoms with Crippen LogP contribution in [-0.4, -0.2) is 20.9 Å². The second-order valence-corrected chi connectivity index (χ2v) is 7.97. The van der Waals surface area contributed by atoms with Gasteiger partial charge in [-0.25, -0.2) is 9.97 Å². The largest absolute Gasteiger partial charge is 0.346 e. The number of benzene rings is 2. The zero-order chi connectivity index (χ0) is 19.5. The molecule has 1 atom stereocenters. The summed E-state index contributed by atoms with van der Waals surface area (Å²) in [5.41, 5.74) is 3.74. The molecule has 0 aliphatic carbocycles. The van der Waals surface area contributed by atoms with E-state index in [1.807, 2.05) is 60.0 Å². The zero-order valence-electron chi connectivity index (χ0n) is 15.8. The second-order valence-electron chi connectivity index (χ2n) is 7.12. The van der Waals surface area contributed by atoms with E-state index in [9.17, 15) is 4.79 Å². The highest BCUT2D eigenvalue weighted by Gasteiger charge is 2.22. The SMILES string of the molecule is CC(C)[C@H](NC(=O)Cc1csc(-c2ccccc2)n1)c1nc2ccccc2[nH]1. The van der Waals surface area contributed by atoms with Crippen molar-refractivity contribution < 1.29 is 4.79 Å². The monoisotopic (exact) mass is 390 g/mol. The van der Waals surface area contributed by atoms with Gasteiger partial charge in [-0.2, -0.15) is 0 Å². The standard InChI is InChI=1S/C22H22N4OS/c1-14(2)20(21-24-17-10-6-7-11-18(17)25-21)26-19(27)12-16-13-28-22(23-16)15-8-4-3-5-9-15/h3-11,13-14,20H,12H2,1-2H3,(H,24,25)(H,26,27)/t20-/m0/s1. The van der Waals surface area contributed by atoms with Crippen LogP contribution in [0.5, 0.6) is 0 Å². The maximum atomic E-state index is 12.7. The predicted molar refractivity (Wildman–Crippen MR) is 113 cm³/mol. The molecule has 6 heteroatoms. The van der Waals surface area contributed by atoms with E-state index in [0.717, 1.165) is 33.1 Å². The summed E-state index contributed by atoms with van der Waals surface area (Å²) in [6, 6.07) is 17.7. The lowest BCUT2D eigenvalue weighted by molar-refractivity contribution is -0.121. The summed E-state index contributed by atoms with van der Waals surface area (Å²) in [6.07, 6.45) is 0.257. The molecule has 0 bridgehead atoms. The number of H-pyrrole nitrogens is 1. The van der Waals surface area contributed by atoms with Gasteiger partial charge in [0.05, 0.1) is 29.2 Å². The third-order valence-corrected chi connectivity index (χ3v) is 5.54. The van der Waals surface area contributed by atoms with Gasteiger partial charge in [0.2, 0.25) is 5.91 Å². The van der Waals surface area contributed by atoms with Crippen molar-refractivity contribution in [3.63, 3.8) is 0 Å². The van der Waals surface area contributed by atoms with Crippen LogP contribution in [0.2, 0.25) is 0 Å². The van der Waals surface area contributed by atoms with Crippen molar-refractivity contribution in [3.05, 3.63) is 71.5 Å². The van der Waals surface area contributed by atoms with E-state index in [0.29, 0.717) is 0 Å². The van der Waals surface area contributed by atoms with Gasteiger partial charge in [0.25, 0.3) is 0 Å². The van der Waals surface area contributed by atoms with Crippen LogP contribution in [0.4, 0.5) is 0 Å². The van der Waals surface area contributed by atoms with E-state index in [1.54, 1.807) is 11.3 Å². The molecule has 2 N–H and O–H groups in total. The molecule has 4 rings (SSSR count). The highest BCUT2D eigenvalue weighted by atomic mass is 32.1. The third kappa shape index (κ3) is 3.97. The molecule has 0 saturated heterocycles. The number of hydrogen-bond acceptors (Lipinski definition) is 4. The predicted octanol–water partition coefficient (Wildman–Crippen LogP) is 4.74. The highest BCUT2D eigenvalue weighted by molar-refractivity contribution is 7.13. The summed E-state index contributed by atoms with van der Waals surface area (Å²) in [7, 11) is 0. The van der Waals surface area contributed by atoms with Crippen molar-refractivity contribution in [3.8, 4) is 10.6 Å². The number of aromatic amines is 1. The van der Waals surface area contributed by atoms with Gasteiger partial charge in [-0.3, -0.25) is 4.79 Å². The lowest BCUT2D eigenvalue weighted by Crippen LogP contribution is -2.33. The lowest BCUT2D eigenvalue weighted by Gasteiger charge is -2.20. The number of amides is 1. The first-order valence-corrected chi connectivity index (χ1v) is 10.2. The summed E-state index contributed by atoms with van der Waals surface area (Å²) >= 11 is 1.56. The van der Waals surface area contributed by atoms with Gasteiger partial charge in [0.15, 0.2) is 0 Å². The minimum absolute atomic E-state index is 0.0518. The number of nitrogens with zero attached hydrogens (tertiary/aromatic N) is 2. The van der Waals surface area contributed by atoms with Gasteiger partial charge in [-0.15, -0.1) is 11.3 Å². The Morgan fingerprint density at radius 2 is 1.82 bits per heavy atom. The van der Waals surface area contributed by atoms with Gasteiger partial charge in [0, 0.05) is 10.9 Å². The van der Waals surface area contributed by atoms with E-state index in [1.165, 1.54) is 0 Å². The molecule has 0 aliphatic rings. The molecule has 142 valence electrons. The molecule has 4 aromatic rings. The Kier molecular flexibility index (Phi) is 5.21. The fourth-order valence-corrected chi connectivity index (χ4v) is 3.99. The van der Waals surface area contributed by atoms with Crippen molar-refractivity contribution in [2.24, 2.45) is 5.92 Å². The molecule has 1 amide bonds. The molecule has 0 unspecified atom stereocenters. The van der Waals surface area contributed by atoms with E-state index in [-0.39, 0.29) is 24.3 Å². The average Bonchev–Trinajstić information content (AvgIpc) is 3.33. The van der Waals surface area contributed by atoms with Crippen molar-refractivity contribution in [1.29, 1.82) is 0 Å². The molecule has 0 fully saturated rings. The van der Waals surface area contributed by atoms with E-state index >= 15 is 0 Å². The van der Waals surface area contributed by atoms with Gasteiger partial charge in [-0.05, 0) is 18.1 Å². The Hall–Kier alpha value is -2.99. The smallest absolute Gasteiger partial charge is 0.226 e. The molecule has 0 saturated carbocycles. The van der Waals surface area contributed by atoms with Crippen LogP contribution in [0.3, 0.4) is 0 Å². The van der Waals surface area contributed by atoms with Crippen molar-refractivity contribution in [2.75, 3.05) is 0 Å². The fraction of sp³-hybridized carbons (Fsp3) is 0.227. The number of hydrogen-bond donors (Lipinski definition) is 2. The summed E-state index contributed by atoms with van der Waals surface area (Å²) in [5.74, 6) is 0.941. The van der Waals surface area contributed by atoms with E-state index < -0.39 is 0 Å². The maximum absolute atomic E-state index is 12.7. The number of thiazole rings is 1. The molecule has 0 aliphatic heterocycles. The molecule has 0 radical (unpaired) electrons. The second kappa shape index (κ2) is 7.94. The normalized spacial score (nSPS) is 12.4. The van der Waals surface area contributed by atoms with Crippen LogP contribution in [0, 0.1) is 5.92 Å². The van der Waals surface area contributed by atoms with E-state index in [4.69, 9.17) is 0 Å². The van der Waals surface area contributed by atoms with Crippen LogP contribution >= 0.6 is 11.3 Å². The number of carbonyl (C=O) groups excluding carboxylic acids is 1. The Labute approximate surface area is 167 Å². The number of fused-ring (bicyclic) bond motifs is 1. The van der Waals surface area contributed by atoms with Gasteiger partial charge in [0.1, 0.15) is 10.8 Å². The number of rotatable bonds is 6. The Morgan fingerprint density at radius 1 is 1.07 bits per heavy atom. The van der Waals surface area contributed by atoms with Crippen LogP contribution in [0.15, 0.2) is 60.0 Å². The van der Waals surface area contributed by atoms with Crippen LogP contribution in [0.25, 0.3) is 21.6 Å². The lowest BCUT2D eigenvalue weighted by atomic mass is 10.0. The summed E-state index contributed by atoms with van der Waals surface area (Å²) in [5, 5.41) is 6.01.